The molecule has 2 atom stereocenters. The molecule has 0 radical (unpaired) electrons. The fourth-order valence-electron chi connectivity index (χ4n) is 2.67. The lowest BCUT2D eigenvalue weighted by molar-refractivity contribution is 0.276. The Morgan fingerprint density at radius 3 is 2.27 bits per heavy atom. The number of benzene rings is 1. The SMILES string of the molecule is C[Si](C)(C)[C@]1(CO)C[C@H]1c1ccccc1. The minimum atomic E-state index is -1.27. The maximum Gasteiger partial charge on any atom is 0.0542 e. The van der Waals surface area contributed by atoms with Gasteiger partial charge in [-0.1, -0.05) is 50.0 Å². The van der Waals surface area contributed by atoms with Crippen molar-refractivity contribution in [3.63, 3.8) is 0 Å². The Hall–Kier alpha value is -0.603. The van der Waals surface area contributed by atoms with Crippen LogP contribution in [0.2, 0.25) is 24.7 Å². The highest BCUT2D eigenvalue weighted by molar-refractivity contribution is 6.80. The Morgan fingerprint density at radius 1 is 1.27 bits per heavy atom. The number of aliphatic hydroxyl groups excluding tert-OH is 1. The van der Waals surface area contributed by atoms with Crippen molar-refractivity contribution in [3.05, 3.63) is 35.9 Å². The minimum Gasteiger partial charge on any atom is -0.396 e. The van der Waals surface area contributed by atoms with E-state index >= 15 is 0 Å². The summed E-state index contributed by atoms with van der Waals surface area (Å²) in [4.78, 5) is 0. The molecule has 0 unspecified atom stereocenters. The second-order valence-corrected chi connectivity index (χ2v) is 11.2. The Balaban J connectivity index is 2.24. The molecule has 1 aromatic carbocycles. The summed E-state index contributed by atoms with van der Waals surface area (Å²) in [7, 11) is -1.27. The van der Waals surface area contributed by atoms with E-state index in [4.69, 9.17) is 0 Å². The fraction of sp³-hybridized carbons (Fsp3) is 0.538. The van der Waals surface area contributed by atoms with Crippen molar-refractivity contribution in [2.75, 3.05) is 6.61 Å². The maximum atomic E-state index is 9.66. The second-order valence-electron chi connectivity index (χ2n) is 5.73. The summed E-state index contributed by atoms with van der Waals surface area (Å²) in [6.07, 6.45) is 1.18. The van der Waals surface area contributed by atoms with Gasteiger partial charge in [0.1, 0.15) is 0 Å². The van der Waals surface area contributed by atoms with E-state index in [1.165, 1.54) is 12.0 Å². The van der Waals surface area contributed by atoms with Gasteiger partial charge in [0.15, 0.2) is 0 Å². The van der Waals surface area contributed by atoms with E-state index < -0.39 is 8.07 Å². The topological polar surface area (TPSA) is 20.2 Å². The van der Waals surface area contributed by atoms with E-state index in [-0.39, 0.29) is 5.04 Å². The molecule has 0 aromatic heterocycles. The lowest BCUT2D eigenvalue weighted by atomic mass is 10.1. The average Bonchev–Trinajstić information content (AvgIpc) is 2.94. The van der Waals surface area contributed by atoms with Crippen LogP contribution in [0.4, 0.5) is 0 Å². The Morgan fingerprint density at radius 2 is 1.87 bits per heavy atom. The highest BCUT2D eigenvalue weighted by Gasteiger charge is 2.61. The lowest BCUT2D eigenvalue weighted by Crippen LogP contribution is -2.33. The first-order chi connectivity index (χ1) is 7.01. The summed E-state index contributed by atoms with van der Waals surface area (Å²) in [5.74, 6) is 0.607. The molecule has 0 saturated heterocycles. The van der Waals surface area contributed by atoms with Gasteiger partial charge in [-0.05, 0) is 22.9 Å². The smallest absolute Gasteiger partial charge is 0.0542 e. The van der Waals surface area contributed by atoms with Crippen LogP contribution in [0.15, 0.2) is 30.3 Å². The van der Waals surface area contributed by atoms with Gasteiger partial charge in [-0.3, -0.25) is 0 Å². The van der Waals surface area contributed by atoms with Crippen molar-refractivity contribution in [1.82, 2.24) is 0 Å². The lowest BCUT2D eigenvalue weighted by Gasteiger charge is -2.28. The molecule has 1 aliphatic carbocycles. The van der Waals surface area contributed by atoms with E-state index in [1.54, 1.807) is 0 Å². The minimum absolute atomic E-state index is 0.244. The molecular weight excluding hydrogens is 200 g/mol. The van der Waals surface area contributed by atoms with E-state index in [1.807, 2.05) is 0 Å². The van der Waals surface area contributed by atoms with E-state index in [9.17, 15) is 5.11 Å². The van der Waals surface area contributed by atoms with Gasteiger partial charge in [0.2, 0.25) is 0 Å². The molecule has 82 valence electrons. The third-order valence-electron chi connectivity index (χ3n) is 4.05. The molecule has 0 bridgehead atoms. The Kier molecular flexibility index (Phi) is 2.51. The zero-order valence-corrected chi connectivity index (χ0v) is 10.8. The first-order valence-corrected chi connectivity index (χ1v) is 9.17. The first-order valence-electron chi connectivity index (χ1n) is 5.67. The van der Waals surface area contributed by atoms with Crippen molar-refractivity contribution in [1.29, 1.82) is 0 Å². The fourth-order valence-corrected chi connectivity index (χ4v) is 5.17. The van der Waals surface area contributed by atoms with Crippen molar-refractivity contribution in [2.45, 2.75) is 37.0 Å². The highest BCUT2D eigenvalue weighted by Crippen LogP contribution is 2.70. The largest absolute Gasteiger partial charge is 0.396 e. The van der Waals surface area contributed by atoms with Crippen molar-refractivity contribution in [3.8, 4) is 0 Å². The predicted octanol–water partition coefficient (Wildman–Crippen LogP) is 3.24. The summed E-state index contributed by atoms with van der Waals surface area (Å²) in [5.41, 5.74) is 1.41. The van der Waals surface area contributed by atoms with Crippen LogP contribution >= 0.6 is 0 Å². The molecule has 2 heteroatoms. The second kappa shape index (κ2) is 3.46. The van der Waals surface area contributed by atoms with Gasteiger partial charge in [0.05, 0.1) is 8.07 Å². The molecule has 1 N–H and O–H groups in total. The number of rotatable bonds is 3. The predicted molar refractivity (Wildman–Crippen MR) is 66.9 cm³/mol. The van der Waals surface area contributed by atoms with Crippen LogP contribution in [0.5, 0.6) is 0 Å². The molecule has 15 heavy (non-hydrogen) atoms. The normalized spacial score (nSPS) is 30.3. The highest BCUT2D eigenvalue weighted by atomic mass is 28.3. The van der Waals surface area contributed by atoms with Crippen LogP contribution in [0.1, 0.15) is 17.9 Å². The Bertz CT molecular complexity index is 341. The summed E-state index contributed by atoms with van der Waals surface area (Å²) in [5, 5.41) is 9.90. The quantitative estimate of drug-likeness (QED) is 0.775. The van der Waals surface area contributed by atoms with E-state index in [0.29, 0.717) is 12.5 Å². The average molecular weight is 220 g/mol. The van der Waals surface area contributed by atoms with Crippen molar-refractivity contribution >= 4 is 8.07 Å². The summed E-state index contributed by atoms with van der Waals surface area (Å²) in [6.45, 7) is 7.47. The van der Waals surface area contributed by atoms with Crippen LogP contribution < -0.4 is 0 Å². The zero-order chi connectivity index (χ0) is 11.1. The summed E-state index contributed by atoms with van der Waals surface area (Å²) in [6, 6.07) is 10.6. The van der Waals surface area contributed by atoms with Crippen LogP contribution in [-0.2, 0) is 0 Å². The third kappa shape index (κ3) is 1.66. The molecule has 0 aliphatic heterocycles. The standard InChI is InChI=1S/C13H20OSi/c1-15(2,3)13(10-14)9-12(13)11-7-5-4-6-8-11/h4-8,12,14H,9-10H2,1-3H3/t12-,13-/m0/s1. The summed E-state index contributed by atoms with van der Waals surface area (Å²) >= 11 is 0. The van der Waals surface area contributed by atoms with E-state index in [0.717, 1.165) is 0 Å². The van der Waals surface area contributed by atoms with Crippen LogP contribution in [0, 0.1) is 0 Å². The third-order valence-corrected chi connectivity index (χ3v) is 7.75. The Labute approximate surface area is 93.2 Å². The van der Waals surface area contributed by atoms with Crippen molar-refractivity contribution < 1.29 is 5.11 Å². The summed E-state index contributed by atoms with van der Waals surface area (Å²) < 4.78 is 0. The molecule has 0 spiro atoms. The molecule has 0 heterocycles. The zero-order valence-electron chi connectivity index (χ0n) is 9.83. The van der Waals surface area contributed by atoms with Gasteiger partial charge < -0.3 is 5.11 Å². The van der Waals surface area contributed by atoms with Gasteiger partial charge in [-0.2, -0.15) is 0 Å². The van der Waals surface area contributed by atoms with Crippen LogP contribution in [-0.4, -0.2) is 19.8 Å². The molecule has 2 rings (SSSR count). The molecule has 1 aromatic rings. The van der Waals surface area contributed by atoms with Crippen LogP contribution in [0.3, 0.4) is 0 Å². The van der Waals surface area contributed by atoms with E-state index in [2.05, 4.69) is 50.0 Å². The van der Waals surface area contributed by atoms with Crippen molar-refractivity contribution in [2.24, 2.45) is 0 Å². The maximum absolute atomic E-state index is 9.66. The van der Waals surface area contributed by atoms with Crippen LogP contribution in [0.25, 0.3) is 0 Å². The molecule has 1 saturated carbocycles. The number of aliphatic hydroxyl groups is 1. The molecule has 1 nitrogen and oxygen atoms in total. The van der Waals surface area contributed by atoms with Gasteiger partial charge in [0.25, 0.3) is 0 Å². The monoisotopic (exact) mass is 220 g/mol. The van der Waals surface area contributed by atoms with Gasteiger partial charge >= 0.3 is 0 Å². The first kappa shape index (κ1) is 10.9. The number of hydrogen-bond acceptors (Lipinski definition) is 1. The van der Waals surface area contributed by atoms with Gasteiger partial charge in [-0.15, -0.1) is 0 Å². The van der Waals surface area contributed by atoms with Gasteiger partial charge in [0, 0.05) is 6.61 Å². The molecule has 1 aliphatic rings. The molecular formula is C13H20OSi. The number of hydrogen-bond donors (Lipinski definition) is 1. The molecule has 0 amide bonds. The molecule has 1 fully saturated rings. The van der Waals surface area contributed by atoms with Gasteiger partial charge in [-0.25, -0.2) is 0 Å².